The smallest absolute Gasteiger partial charge is 0.326 e. The molecular weight excluding hydrogens is 308 g/mol. The van der Waals surface area contributed by atoms with Gasteiger partial charge in [-0.1, -0.05) is 49.4 Å². The Balaban J connectivity index is 1.91. The van der Waals surface area contributed by atoms with Crippen LogP contribution in [0.1, 0.15) is 18.9 Å². The maximum absolute atomic E-state index is 12.0. The molecule has 0 saturated carbocycles. The van der Waals surface area contributed by atoms with Gasteiger partial charge in [-0.2, -0.15) is 0 Å². The van der Waals surface area contributed by atoms with Gasteiger partial charge in [0.25, 0.3) is 0 Å². The van der Waals surface area contributed by atoms with Gasteiger partial charge in [0.05, 0.1) is 13.0 Å². The molecule has 0 bridgehead atoms. The van der Waals surface area contributed by atoms with E-state index in [9.17, 15) is 14.4 Å². The molecule has 0 aliphatic heterocycles. The third-order valence-corrected chi connectivity index (χ3v) is 3.72. The first-order chi connectivity index (χ1) is 11.5. The van der Waals surface area contributed by atoms with E-state index in [0.29, 0.717) is 0 Å². The van der Waals surface area contributed by atoms with Crippen molar-refractivity contribution in [3.8, 4) is 0 Å². The summed E-state index contributed by atoms with van der Waals surface area (Å²) in [5.74, 6) is -1.90. The summed E-state index contributed by atoms with van der Waals surface area (Å²) in [5.41, 5.74) is 0.878. The van der Waals surface area contributed by atoms with Crippen molar-refractivity contribution in [3.05, 3.63) is 48.0 Å². The molecule has 6 heteroatoms. The number of fused-ring (bicyclic) bond motifs is 1. The molecule has 0 aliphatic carbocycles. The highest BCUT2D eigenvalue weighted by Crippen LogP contribution is 2.18. The number of carbonyl (C=O) groups excluding carboxylic acids is 2. The van der Waals surface area contributed by atoms with E-state index in [4.69, 9.17) is 5.11 Å². The molecule has 0 aromatic heterocycles. The van der Waals surface area contributed by atoms with E-state index in [1.807, 2.05) is 42.5 Å². The van der Waals surface area contributed by atoms with Crippen LogP contribution < -0.4 is 10.6 Å². The average molecular weight is 328 g/mol. The largest absolute Gasteiger partial charge is 0.480 e. The monoisotopic (exact) mass is 328 g/mol. The van der Waals surface area contributed by atoms with Crippen molar-refractivity contribution in [1.82, 2.24) is 10.6 Å². The zero-order valence-electron chi connectivity index (χ0n) is 13.4. The topological polar surface area (TPSA) is 95.5 Å². The minimum atomic E-state index is -1.09. The van der Waals surface area contributed by atoms with Crippen LogP contribution in [0.15, 0.2) is 42.5 Å². The third kappa shape index (κ3) is 4.55. The molecule has 2 aromatic rings. The van der Waals surface area contributed by atoms with Crippen molar-refractivity contribution in [2.75, 3.05) is 6.54 Å². The van der Waals surface area contributed by atoms with Gasteiger partial charge in [-0.05, 0) is 22.8 Å². The Morgan fingerprint density at radius 2 is 1.75 bits per heavy atom. The molecule has 2 rings (SSSR count). The first kappa shape index (κ1) is 17.5. The van der Waals surface area contributed by atoms with Crippen LogP contribution in [-0.4, -0.2) is 35.5 Å². The number of amides is 2. The highest BCUT2D eigenvalue weighted by Gasteiger charge is 2.17. The molecule has 24 heavy (non-hydrogen) atoms. The number of rotatable bonds is 7. The van der Waals surface area contributed by atoms with Crippen LogP contribution in [0.3, 0.4) is 0 Å². The fourth-order valence-electron chi connectivity index (χ4n) is 2.44. The summed E-state index contributed by atoms with van der Waals surface area (Å²) in [6, 6.07) is 12.6. The summed E-state index contributed by atoms with van der Waals surface area (Å²) in [7, 11) is 0. The number of aliphatic carboxylic acids is 1. The standard InChI is InChI=1S/C18H20N2O4/c1-2-15(18(23)24)20-17(22)11-19-16(21)10-13-8-5-7-12-6-3-4-9-14(12)13/h3-9,15H,2,10-11H2,1H3,(H,19,21)(H,20,22)(H,23,24). The van der Waals surface area contributed by atoms with Gasteiger partial charge in [-0.25, -0.2) is 4.79 Å². The Hall–Kier alpha value is -2.89. The highest BCUT2D eigenvalue weighted by atomic mass is 16.4. The Morgan fingerprint density at radius 3 is 2.46 bits per heavy atom. The number of carboxylic acids is 1. The Labute approximate surface area is 139 Å². The first-order valence-corrected chi connectivity index (χ1v) is 7.76. The van der Waals surface area contributed by atoms with E-state index in [1.165, 1.54) is 0 Å². The van der Waals surface area contributed by atoms with Gasteiger partial charge in [0.2, 0.25) is 11.8 Å². The molecule has 1 unspecified atom stereocenters. The SMILES string of the molecule is CCC(NC(=O)CNC(=O)Cc1cccc2ccccc12)C(=O)O. The zero-order valence-corrected chi connectivity index (χ0v) is 13.4. The van der Waals surface area contributed by atoms with E-state index in [-0.39, 0.29) is 25.3 Å². The first-order valence-electron chi connectivity index (χ1n) is 7.76. The molecule has 2 aromatic carbocycles. The van der Waals surface area contributed by atoms with Crippen LogP contribution in [0, 0.1) is 0 Å². The number of carboxylic acid groups (broad SMARTS) is 1. The summed E-state index contributed by atoms with van der Waals surface area (Å²) >= 11 is 0. The van der Waals surface area contributed by atoms with Crippen LogP contribution in [0.4, 0.5) is 0 Å². The van der Waals surface area contributed by atoms with Crippen LogP contribution in [0.5, 0.6) is 0 Å². The van der Waals surface area contributed by atoms with Crippen molar-refractivity contribution >= 4 is 28.6 Å². The van der Waals surface area contributed by atoms with Crippen LogP contribution in [0.2, 0.25) is 0 Å². The van der Waals surface area contributed by atoms with E-state index < -0.39 is 17.9 Å². The second kappa shape index (κ2) is 8.10. The maximum atomic E-state index is 12.0. The lowest BCUT2D eigenvalue weighted by Gasteiger charge is -2.13. The van der Waals surface area contributed by atoms with Crippen molar-refractivity contribution in [2.45, 2.75) is 25.8 Å². The molecule has 126 valence electrons. The molecule has 0 spiro atoms. The Bertz CT molecular complexity index is 752. The summed E-state index contributed by atoms with van der Waals surface area (Å²) in [5, 5.41) is 15.8. The van der Waals surface area contributed by atoms with Gasteiger partial charge in [-0.3, -0.25) is 9.59 Å². The average Bonchev–Trinajstić information content (AvgIpc) is 2.58. The molecule has 1 atom stereocenters. The molecule has 6 nitrogen and oxygen atoms in total. The second-order valence-corrected chi connectivity index (χ2v) is 5.46. The van der Waals surface area contributed by atoms with Crippen molar-refractivity contribution in [1.29, 1.82) is 0 Å². The summed E-state index contributed by atoms with van der Waals surface area (Å²) in [4.78, 5) is 34.6. The van der Waals surface area contributed by atoms with Crippen molar-refractivity contribution < 1.29 is 19.5 Å². The molecule has 0 fully saturated rings. The summed E-state index contributed by atoms with van der Waals surface area (Å²) in [6.07, 6.45) is 0.440. The molecule has 0 saturated heterocycles. The van der Waals surface area contributed by atoms with E-state index >= 15 is 0 Å². The lowest BCUT2D eigenvalue weighted by atomic mass is 10.0. The van der Waals surface area contributed by atoms with Crippen molar-refractivity contribution in [3.63, 3.8) is 0 Å². The molecular formula is C18H20N2O4. The van der Waals surface area contributed by atoms with E-state index in [2.05, 4.69) is 10.6 Å². The molecule has 0 radical (unpaired) electrons. The predicted octanol–water partition coefficient (Wildman–Crippen LogP) is 1.48. The lowest BCUT2D eigenvalue weighted by molar-refractivity contribution is -0.141. The minimum Gasteiger partial charge on any atom is -0.480 e. The number of hydrogen-bond donors (Lipinski definition) is 3. The zero-order chi connectivity index (χ0) is 17.5. The third-order valence-electron chi connectivity index (χ3n) is 3.72. The number of carbonyl (C=O) groups is 3. The number of nitrogens with one attached hydrogen (secondary N) is 2. The summed E-state index contributed by atoms with van der Waals surface area (Å²) < 4.78 is 0. The Kier molecular flexibility index (Phi) is 5.89. The molecule has 0 heterocycles. The molecule has 3 N–H and O–H groups in total. The van der Waals surface area contributed by atoms with Gasteiger partial charge in [0.15, 0.2) is 0 Å². The number of hydrogen-bond acceptors (Lipinski definition) is 3. The maximum Gasteiger partial charge on any atom is 0.326 e. The van der Waals surface area contributed by atoms with E-state index in [1.54, 1.807) is 6.92 Å². The fourth-order valence-corrected chi connectivity index (χ4v) is 2.44. The quantitative estimate of drug-likeness (QED) is 0.717. The Morgan fingerprint density at radius 1 is 1.04 bits per heavy atom. The summed E-state index contributed by atoms with van der Waals surface area (Å²) in [6.45, 7) is 1.42. The normalized spacial score (nSPS) is 11.7. The van der Waals surface area contributed by atoms with Gasteiger partial charge < -0.3 is 15.7 Å². The minimum absolute atomic E-state index is 0.158. The van der Waals surface area contributed by atoms with Gasteiger partial charge in [-0.15, -0.1) is 0 Å². The van der Waals surface area contributed by atoms with Crippen LogP contribution in [-0.2, 0) is 20.8 Å². The van der Waals surface area contributed by atoms with Crippen LogP contribution in [0.25, 0.3) is 10.8 Å². The highest BCUT2D eigenvalue weighted by molar-refractivity contribution is 5.92. The lowest BCUT2D eigenvalue weighted by Crippen LogP contribution is -2.45. The second-order valence-electron chi connectivity index (χ2n) is 5.46. The van der Waals surface area contributed by atoms with Gasteiger partial charge in [0, 0.05) is 0 Å². The molecule has 2 amide bonds. The van der Waals surface area contributed by atoms with E-state index in [0.717, 1.165) is 16.3 Å². The fraction of sp³-hybridized carbons (Fsp3) is 0.278. The predicted molar refractivity (Wildman–Crippen MR) is 90.5 cm³/mol. The van der Waals surface area contributed by atoms with Crippen molar-refractivity contribution in [2.24, 2.45) is 0 Å². The molecule has 0 aliphatic rings. The van der Waals surface area contributed by atoms with Gasteiger partial charge in [0.1, 0.15) is 6.04 Å². The van der Waals surface area contributed by atoms with Crippen LogP contribution >= 0.6 is 0 Å². The van der Waals surface area contributed by atoms with Gasteiger partial charge >= 0.3 is 5.97 Å². The number of benzene rings is 2.